The van der Waals surface area contributed by atoms with Gasteiger partial charge in [-0.2, -0.15) is 0 Å². The van der Waals surface area contributed by atoms with Crippen molar-refractivity contribution < 1.29 is 43.8 Å². The van der Waals surface area contributed by atoms with Crippen LogP contribution in [-0.4, -0.2) is 79.3 Å². The maximum absolute atomic E-state index is 13.4. The van der Waals surface area contributed by atoms with Gasteiger partial charge in [-0.15, -0.1) is 0 Å². The number of amides is 2. The maximum atomic E-state index is 13.4. The van der Waals surface area contributed by atoms with E-state index in [0.29, 0.717) is 26.1 Å². The zero-order valence-electron chi connectivity index (χ0n) is 25.1. The molecule has 2 aromatic rings. The molecule has 42 heavy (non-hydrogen) atoms. The third kappa shape index (κ3) is 14.5. The number of rotatable bonds is 16. The number of carbonyl (C=O) groups excluding carboxylic acids is 3. The molecule has 2 amide bonds. The van der Waals surface area contributed by atoms with Crippen LogP contribution < -0.4 is 20.1 Å². The molecule has 0 saturated heterocycles. The standard InChI is InChI=1S/C29H43N3O4.C2H2O4/c1-5-18-32(19-6-2)28(33)27(30-29(34)36-23-25-12-10-9-11-13-25)22-24-14-16-26(17-15-24)35-21-20-31(7-3)8-4;3-1(4)2(5)6/h9-17,27H,5-8,18-23H2,1-4H3,(H,30,34);(H,3,4)(H,5,6)/t27-;/m0./s1. The van der Waals surface area contributed by atoms with E-state index in [9.17, 15) is 9.59 Å². The minimum atomic E-state index is -2.07. The number of ether oxygens (including phenoxy) is 2. The number of benzene rings is 2. The van der Waals surface area contributed by atoms with E-state index in [2.05, 4.69) is 19.2 Å². The number of hydrogen-bond acceptors (Lipinski definition) is 7. The molecular formula is C31H45N3O8. The molecule has 0 bridgehead atoms. The molecule has 0 aliphatic rings. The monoisotopic (exact) mass is 587 g/mol. The number of alkyl carbamates (subject to hydrolysis) is 1. The van der Waals surface area contributed by atoms with Crippen LogP contribution in [0.4, 0.5) is 4.79 Å². The van der Waals surface area contributed by atoms with Gasteiger partial charge in [-0.05, 0) is 49.9 Å². The number of aliphatic carboxylic acids is 2. The minimum Gasteiger partial charge on any atom is -0.539 e. The summed E-state index contributed by atoms with van der Waals surface area (Å²) in [6.07, 6.45) is 1.51. The van der Waals surface area contributed by atoms with Gasteiger partial charge in [0.25, 0.3) is 0 Å². The highest BCUT2D eigenvalue weighted by Gasteiger charge is 2.26. The fourth-order valence-corrected chi connectivity index (χ4v) is 4.07. The predicted octanol–water partition coefficient (Wildman–Crippen LogP) is 1.30. The first-order valence-corrected chi connectivity index (χ1v) is 14.4. The number of hydrogen-bond donors (Lipinski definition) is 3. The second kappa shape index (κ2) is 20.7. The highest BCUT2D eigenvalue weighted by atomic mass is 16.5. The van der Waals surface area contributed by atoms with Gasteiger partial charge in [-0.25, -0.2) is 9.59 Å². The van der Waals surface area contributed by atoms with Crippen molar-refractivity contribution >= 4 is 23.9 Å². The summed E-state index contributed by atoms with van der Waals surface area (Å²) in [5, 5.41) is 19.1. The predicted molar refractivity (Wildman–Crippen MR) is 156 cm³/mol. The summed E-state index contributed by atoms with van der Waals surface area (Å²) < 4.78 is 11.3. The molecule has 11 nitrogen and oxygen atoms in total. The van der Waals surface area contributed by atoms with Gasteiger partial charge >= 0.3 is 12.1 Å². The molecule has 11 heteroatoms. The average molecular weight is 588 g/mol. The normalized spacial score (nSPS) is 11.1. The Balaban J connectivity index is 0.00000132. The quantitative estimate of drug-likeness (QED) is 0.249. The Morgan fingerprint density at radius 3 is 1.98 bits per heavy atom. The SMILES string of the molecule is CCCN(CCC)C(=O)[C@H](Cc1ccc(OCC[NH+](CC)CC)cc1)NC(=O)OCc1ccccc1.O=C([O-])C(=O)O. The summed E-state index contributed by atoms with van der Waals surface area (Å²) in [7, 11) is 0. The molecule has 0 aliphatic heterocycles. The van der Waals surface area contributed by atoms with Gasteiger partial charge in [-0.3, -0.25) is 4.79 Å². The zero-order valence-corrected chi connectivity index (χ0v) is 25.1. The summed E-state index contributed by atoms with van der Waals surface area (Å²) in [5.74, 6) is -3.29. The van der Waals surface area contributed by atoms with Crippen molar-refractivity contribution in [3.63, 3.8) is 0 Å². The smallest absolute Gasteiger partial charge is 0.408 e. The molecule has 0 heterocycles. The topological polar surface area (TPSA) is 150 Å². The van der Waals surface area contributed by atoms with Crippen molar-refractivity contribution in [3.05, 3.63) is 65.7 Å². The first-order valence-electron chi connectivity index (χ1n) is 14.4. The molecule has 2 aromatic carbocycles. The van der Waals surface area contributed by atoms with Gasteiger partial charge < -0.3 is 39.6 Å². The van der Waals surface area contributed by atoms with Crippen molar-refractivity contribution in [3.8, 4) is 5.75 Å². The Hall–Kier alpha value is -4.12. The second-order valence-corrected chi connectivity index (χ2v) is 9.58. The number of quaternary nitrogens is 1. The molecule has 232 valence electrons. The third-order valence-corrected chi connectivity index (χ3v) is 6.36. The van der Waals surface area contributed by atoms with Gasteiger partial charge in [0.05, 0.1) is 13.1 Å². The molecule has 0 aliphatic carbocycles. The lowest BCUT2D eigenvalue weighted by Crippen LogP contribution is -3.12. The van der Waals surface area contributed by atoms with Crippen molar-refractivity contribution in [1.82, 2.24) is 10.2 Å². The maximum Gasteiger partial charge on any atom is 0.408 e. The van der Waals surface area contributed by atoms with E-state index in [4.69, 9.17) is 29.3 Å². The van der Waals surface area contributed by atoms with Crippen LogP contribution >= 0.6 is 0 Å². The highest BCUT2D eigenvalue weighted by Crippen LogP contribution is 2.15. The highest BCUT2D eigenvalue weighted by molar-refractivity contribution is 6.26. The van der Waals surface area contributed by atoms with Crippen molar-refractivity contribution in [2.45, 2.75) is 59.6 Å². The van der Waals surface area contributed by atoms with Crippen LogP contribution in [0.15, 0.2) is 54.6 Å². The second-order valence-electron chi connectivity index (χ2n) is 9.58. The van der Waals surface area contributed by atoms with Crippen LogP contribution in [0, 0.1) is 0 Å². The van der Waals surface area contributed by atoms with Crippen LogP contribution in [0.3, 0.4) is 0 Å². The summed E-state index contributed by atoms with van der Waals surface area (Å²) in [6.45, 7) is 13.7. The average Bonchev–Trinajstić information content (AvgIpc) is 2.99. The van der Waals surface area contributed by atoms with E-state index in [1.165, 1.54) is 4.90 Å². The van der Waals surface area contributed by atoms with Gasteiger partial charge in [0.1, 0.15) is 31.5 Å². The first-order chi connectivity index (χ1) is 20.1. The first kappa shape index (κ1) is 35.9. The lowest BCUT2D eigenvalue weighted by atomic mass is 10.0. The molecule has 1 atom stereocenters. The van der Waals surface area contributed by atoms with Crippen molar-refractivity contribution in [2.24, 2.45) is 0 Å². The molecule has 0 unspecified atom stereocenters. The number of carboxylic acids is 2. The van der Waals surface area contributed by atoms with Gasteiger partial charge in [0.15, 0.2) is 5.97 Å². The lowest BCUT2D eigenvalue weighted by Gasteiger charge is -2.27. The van der Waals surface area contributed by atoms with E-state index in [1.807, 2.05) is 73.3 Å². The van der Waals surface area contributed by atoms with Crippen molar-refractivity contribution in [2.75, 3.05) is 39.3 Å². The third-order valence-electron chi connectivity index (χ3n) is 6.36. The number of likely N-dealkylation sites (N-methyl/N-ethyl adjacent to an activating group) is 1. The fourth-order valence-electron chi connectivity index (χ4n) is 4.07. The van der Waals surface area contributed by atoms with Gasteiger partial charge in [0.2, 0.25) is 5.91 Å². The Morgan fingerprint density at radius 1 is 0.905 bits per heavy atom. The van der Waals surface area contributed by atoms with E-state index in [1.54, 1.807) is 0 Å². The van der Waals surface area contributed by atoms with E-state index in [0.717, 1.165) is 49.4 Å². The van der Waals surface area contributed by atoms with E-state index < -0.39 is 24.1 Å². The molecule has 0 aromatic heterocycles. The summed E-state index contributed by atoms with van der Waals surface area (Å²) in [6, 6.07) is 16.6. The Kier molecular flexibility index (Phi) is 17.7. The molecule has 0 fully saturated rings. The molecule has 0 saturated carbocycles. The van der Waals surface area contributed by atoms with E-state index in [-0.39, 0.29) is 12.5 Å². The molecule has 3 N–H and O–H groups in total. The van der Waals surface area contributed by atoms with Crippen LogP contribution in [0.25, 0.3) is 0 Å². The minimum absolute atomic E-state index is 0.0853. The van der Waals surface area contributed by atoms with Crippen LogP contribution in [-0.2, 0) is 32.1 Å². The number of nitrogens with zero attached hydrogens (tertiary/aromatic N) is 1. The largest absolute Gasteiger partial charge is 0.539 e. The molecule has 0 radical (unpaired) electrons. The number of carboxylic acid groups (broad SMARTS) is 2. The Labute approximate surface area is 248 Å². The van der Waals surface area contributed by atoms with Crippen molar-refractivity contribution in [1.29, 1.82) is 0 Å². The zero-order chi connectivity index (χ0) is 31.3. The van der Waals surface area contributed by atoms with Gasteiger partial charge in [-0.1, -0.05) is 56.3 Å². The molecular weight excluding hydrogens is 542 g/mol. The number of carbonyl (C=O) groups is 4. The molecule has 2 rings (SSSR count). The lowest BCUT2D eigenvalue weighted by molar-refractivity contribution is -0.896. The van der Waals surface area contributed by atoms with Gasteiger partial charge in [0, 0.05) is 19.5 Å². The van der Waals surface area contributed by atoms with Crippen LogP contribution in [0.5, 0.6) is 5.75 Å². The summed E-state index contributed by atoms with van der Waals surface area (Å²) >= 11 is 0. The number of nitrogens with one attached hydrogen (secondary N) is 2. The van der Waals surface area contributed by atoms with Crippen LogP contribution in [0.1, 0.15) is 51.7 Å². The Bertz CT molecular complexity index is 1060. The summed E-state index contributed by atoms with van der Waals surface area (Å²) in [5.41, 5.74) is 1.85. The van der Waals surface area contributed by atoms with Crippen LogP contribution in [0.2, 0.25) is 0 Å². The fraction of sp³-hybridized carbons (Fsp3) is 0.484. The molecule has 0 spiro atoms. The van der Waals surface area contributed by atoms with E-state index >= 15 is 0 Å². The Morgan fingerprint density at radius 2 is 1.48 bits per heavy atom. The summed E-state index contributed by atoms with van der Waals surface area (Å²) in [4.78, 5) is 47.4.